The fourth-order valence-corrected chi connectivity index (χ4v) is 2.65. The average Bonchev–Trinajstić information content (AvgIpc) is 1.96. The van der Waals surface area contributed by atoms with Gasteiger partial charge in [-0.2, -0.15) is 0 Å². The van der Waals surface area contributed by atoms with E-state index >= 15 is 0 Å². The van der Waals surface area contributed by atoms with E-state index in [9.17, 15) is 9.18 Å². The fraction of sp³-hybridized carbons (Fsp3) is 0.900. The third-order valence-corrected chi connectivity index (χ3v) is 4.47. The minimum absolute atomic E-state index is 0.150. The third kappa shape index (κ3) is 1.80. The number of ketones is 1. The smallest absolute Gasteiger partial charge is 0.181 e. The van der Waals surface area contributed by atoms with Crippen LogP contribution in [-0.2, 0) is 4.79 Å². The Bertz CT molecular complexity index is 213. The highest BCUT2D eigenvalue weighted by molar-refractivity contribution is 9.10. The molecule has 0 radical (unpaired) electrons. The molecule has 2 atom stereocenters. The maximum absolute atomic E-state index is 13.6. The van der Waals surface area contributed by atoms with Gasteiger partial charge in [-0.05, 0) is 11.8 Å². The summed E-state index contributed by atoms with van der Waals surface area (Å²) in [5.41, 5.74) is -0.673. The molecule has 0 bridgehead atoms. The highest BCUT2D eigenvalue weighted by atomic mass is 79.9. The first-order valence-corrected chi connectivity index (χ1v) is 5.42. The van der Waals surface area contributed by atoms with Gasteiger partial charge in [0.1, 0.15) is 0 Å². The molecule has 0 aromatic rings. The van der Waals surface area contributed by atoms with Crippen LogP contribution >= 0.6 is 15.9 Å². The monoisotopic (exact) mass is 250 g/mol. The predicted molar refractivity (Wildman–Crippen MR) is 54.8 cm³/mol. The van der Waals surface area contributed by atoms with Crippen molar-refractivity contribution in [3.8, 4) is 0 Å². The molecule has 0 amide bonds. The van der Waals surface area contributed by atoms with Gasteiger partial charge in [0.05, 0.1) is 4.83 Å². The molecule has 1 saturated carbocycles. The van der Waals surface area contributed by atoms with E-state index in [1.54, 1.807) is 0 Å². The minimum atomic E-state index is -1.33. The summed E-state index contributed by atoms with van der Waals surface area (Å²) in [6.45, 7) is 7.63. The van der Waals surface area contributed by atoms with Gasteiger partial charge >= 0.3 is 0 Å². The molecule has 76 valence electrons. The number of hydrogen-bond donors (Lipinski definition) is 0. The van der Waals surface area contributed by atoms with Crippen LogP contribution in [0.15, 0.2) is 0 Å². The van der Waals surface area contributed by atoms with E-state index in [-0.39, 0.29) is 16.0 Å². The van der Waals surface area contributed by atoms with Crippen LogP contribution in [0.5, 0.6) is 0 Å². The second kappa shape index (κ2) is 3.04. The highest BCUT2D eigenvalue weighted by Gasteiger charge is 2.51. The lowest BCUT2D eigenvalue weighted by molar-refractivity contribution is -0.134. The summed E-state index contributed by atoms with van der Waals surface area (Å²) in [5, 5.41) is 0. The molecule has 1 aliphatic carbocycles. The van der Waals surface area contributed by atoms with Crippen molar-refractivity contribution in [2.45, 2.75) is 45.1 Å². The van der Waals surface area contributed by atoms with Gasteiger partial charge in [0.15, 0.2) is 12.0 Å². The third-order valence-electron chi connectivity index (χ3n) is 2.78. The van der Waals surface area contributed by atoms with Gasteiger partial charge in [0, 0.05) is 5.41 Å². The van der Waals surface area contributed by atoms with Crippen LogP contribution in [0.1, 0.15) is 34.1 Å². The molecular formula is C10H16BrFO. The second-order valence-corrected chi connectivity index (χ2v) is 6.20. The van der Waals surface area contributed by atoms with Crippen LogP contribution < -0.4 is 0 Å². The molecule has 1 rings (SSSR count). The van der Waals surface area contributed by atoms with Crippen LogP contribution in [0, 0.1) is 10.8 Å². The van der Waals surface area contributed by atoms with Crippen molar-refractivity contribution in [1.29, 1.82) is 0 Å². The molecule has 0 spiro atoms. The van der Waals surface area contributed by atoms with Gasteiger partial charge in [-0.15, -0.1) is 0 Å². The van der Waals surface area contributed by atoms with Crippen LogP contribution in [0.2, 0.25) is 0 Å². The van der Waals surface area contributed by atoms with E-state index < -0.39 is 11.6 Å². The second-order valence-electron chi connectivity index (χ2n) is 5.28. The lowest BCUT2D eigenvalue weighted by atomic mass is 9.64. The first-order valence-electron chi connectivity index (χ1n) is 4.50. The van der Waals surface area contributed by atoms with Crippen molar-refractivity contribution >= 4 is 21.7 Å². The predicted octanol–water partition coefficient (Wildman–Crippen LogP) is 3.11. The summed E-state index contributed by atoms with van der Waals surface area (Å²) in [7, 11) is 0. The van der Waals surface area contributed by atoms with Crippen molar-refractivity contribution in [2.24, 2.45) is 10.8 Å². The minimum Gasteiger partial charge on any atom is -0.295 e. The summed E-state index contributed by atoms with van der Waals surface area (Å²) in [4.78, 5) is 11.2. The largest absolute Gasteiger partial charge is 0.295 e. The summed E-state index contributed by atoms with van der Waals surface area (Å²) >= 11 is 3.28. The zero-order chi connectivity index (χ0) is 10.4. The normalized spacial score (nSPS) is 37.5. The van der Waals surface area contributed by atoms with E-state index in [4.69, 9.17) is 0 Å². The van der Waals surface area contributed by atoms with Crippen molar-refractivity contribution in [1.82, 2.24) is 0 Å². The van der Waals surface area contributed by atoms with Crippen molar-refractivity contribution in [3.05, 3.63) is 0 Å². The van der Waals surface area contributed by atoms with Crippen molar-refractivity contribution in [2.75, 3.05) is 0 Å². The summed E-state index contributed by atoms with van der Waals surface area (Å²) in [6, 6.07) is 0. The molecule has 3 heteroatoms. The average molecular weight is 251 g/mol. The van der Waals surface area contributed by atoms with Crippen molar-refractivity contribution in [3.63, 3.8) is 0 Å². The van der Waals surface area contributed by atoms with Crippen molar-refractivity contribution < 1.29 is 9.18 Å². The molecule has 0 aliphatic heterocycles. The Kier molecular flexibility index (Phi) is 2.61. The molecule has 0 heterocycles. The van der Waals surface area contributed by atoms with Gasteiger partial charge in [-0.1, -0.05) is 43.6 Å². The fourth-order valence-electron chi connectivity index (χ4n) is 2.25. The van der Waals surface area contributed by atoms with Crippen LogP contribution in [0.25, 0.3) is 0 Å². The molecule has 0 N–H and O–H groups in total. The number of carbonyl (C=O) groups is 1. The Labute approximate surface area is 87.2 Å². The van der Waals surface area contributed by atoms with E-state index in [0.29, 0.717) is 0 Å². The number of Topliss-reactive ketones (excluding diaryl/α,β-unsaturated/α-hetero) is 1. The first-order chi connectivity index (χ1) is 5.68. The molecule has 1 nitrogen and oxygen atoms in total. The zero-order valence-corrected chi connectivity index (χ0v) is 10.1. The Morgan fingerprint density at radius 3 is 2.23 bits per heavy atom. The lowest BCUT2D eigenvalue weighted by Crippen LogP contribution is -2.51. The Morgan fingerprint density at radius 1 is 1.31 bits per heavy atom. The number of hydrogen-bond acceptors (Lipinski definition) is 1. The topological polar surface area (TPSA) is 17.1 Å². The Morgan fingerprint density at radius 2 is 1.77 bits per heavy atom. The van der Waals surface area contributed by atoms with Crippen LogP contribution in [-0.4, -0.2) is 16.8 Å². The molecule has 0 aromatic heterocycles. The van der Waals surface area contributed by atoms with Gasteiger partial charge in [0.2, 0.25) is 0 Å². The standard InChI is InChI=1S/C10H16BrFO/c1-9(2)5-10(3,4)8(12)6(13)7(9)11/h7-8H,5H2,1-4H3/t7-,8+/m1/s1. The van der Waals surface area contributed by atoms with E-state index in [1.807, 2.05) is 27.7 Å². The summed E-state index contributed by atoms with van der Waals surface area (Å²) in [5.74, 6) is -0.304. The maximum Gasteiger partial charge on any atom is 0.181 e. The van der Waals surface area contributed by atoms with Crippen LogP contribution in [0.4, 0.5) is 4.39 Å². The Hall–Kier alpha value is 0.0800. The molecule has 1 fully saturated rings. The van der Waals surface area contributed by atoms with E-state index in [1.165, 1.54) is 0 Å². The van der Waals surface area contributed by atoms with Gasteiger partial charge in [0.25, 0.3) is 0 Å². The summed E-state index contributed by atoms with van der Waals surface area (Å²) < 4.78 is 13.6. The number of halogens is 2. The number of alkyl halides is 2. The molecule has 0 saturated heterocycles. The maximum atomic E-state index is 13.6. The molecule has 1 aliphatic rings. The molecule has 0 unspecified atom stereocenters. The molecule has 0 aromatic carbocycles. The summed E-state index contributed by atoms with van der Waals surface area (Å²) in [6.07, 6.45) is -0.604. The van der Waals surface area contributed by atoms with E-state index in [2.05, 4.69) is 15.9 Å². The molecule has 13 heavy (non-hydrogen) atoms. The van der Waals surface area contributed by atoms with Gasteiger partial charge < -0.3 is 0 Å². The quantitative estimate of drug-likeness (QED) is 0.604. The lowest BCUT2D eigenvalue weighted by Gasteiger charge is -2.44. The van der Waals surface area contributed by atoms with E-state index in [0.717, 1.165) is 6.42 Å². The highest BCUT2D eigenvalue weighted by Crippen LogP contribution is 2.48. The zero-order valence-electron chi connectivity index (χ0n) is 8.53. The Balaban J connectivity index is 3.00. The van der Waals surface area contributed by atoms with Gasteiger partial charge in [-0.3, -0.25) is 4.79 Å². The van der Waals surface area contributed by atoms with Gasteiger partial charge in [-0.25, -0.2) is 4.39 Å². The number of rotatable bonds is 0. The molecular weight excluding hydrogens is 235 g/mol. The number of carbonyl (C=O) groups excluding carboxylic acids is 1. The SMILES string of the molecule is CC1(C)CC(C)(C)[C@@H](F)C(=O)[C@H]1Br. The first kappa shape index (κ1) is 11.2. The van der Waals surface area contributed by atoms with Crippen LogP contribution in [0.3, 0.4) is 0 Å².